The van der Waals surface area contributed by atoms with Crippen molar-refractivity contribution in [1.82, 2.24) is 9.80 Å². The van der Waals surface area contributed by atoms with Crippen molar-refractivity contribution < 1.29 is 32.2 Å². The van der Waals surface area contributed by atoms with Crippen LogP contribution in [0.3, 0.4) is 0 Å². The lowest BCUT2D eigenvalue weighted by atomic mass is 9.83. The predicted molar refractivity (Wildman–Crippen MR) is 138 cm³/mol. The fourth-order valence-corrected chi connectivity index (χ4v) is 5.21. The number of benzene rings is 2. The molecular weight excluding hydrogens is 517 g/mol. The molecule has 5 nitrogen and oxygen atoms in total. The van der Waals surface area contributed by atoms with Gasteiger partial charge in [-0.25, -0.2) is 8.78 Å². The molecule has 214 valence electrons. The number of rotatable bonds is 5. The summed E-state index contributed by atoms with van der Waals surface area (Å²) in [6.07, 6.45) is -1.84. The molecule has 2 saturated heterocycles. The van der Waals surface area contributed by atoms with Crippen LogP contribution in [0.2, 0.25) is 0 Å². The zero-order valence-corrected chi connectivity index (χ0v) is 22.4. The summed E-state index contributed by atoms with van der Waals surface area (Å²) in [6.45, 7) is 8.91. The maximum Gasteiger partial charge on any atom is 0.419 e. The zero-order chi connectivity index (χ0) is 28.8. The maximum absolute atomic E-state index is 13.6. The molecule has 2 N–H and O–H groups in total. The minimum atomic E-state index is -4.75. The molecule has 2 aromatic rings. The second kappa shape index (κ2) is 12.7. The molecule has 0 unspecified atom stereocenters. The second-order valence-corrected chi connectivity index (χ2v) is 10.3. The van der Waals surface area contributed by atoms with E-state index in [9.17, 15) is 32.2 Å². The SMILES string of the molecule is CCCN1CCC(O)(c2ccc(F)c(C(F)(F)F)c2)CC1.CCN1CCC(O)(c2ccc(C#N)c(F)c2)CC1. The van der Waals surface area contributed by atoms with Gasteiger partial charge in [0.15, 0.2) is 0 Å². The first-order valence-corrected chi connectivity index (χ1v) is 13.3. The number of aliphatic hydroxyl groups is 2. The van der Waals surface area contributed by atoms with E-state index in [0.717, 1.165) is 44.7 Å². The van der Waals surface area contributed by atoms with Gasteiger partial charge in [-0.15, -0.1) is 0 Å². The quantitative estimate of drug-likeness (QED) is 0.476. The van der Waals surface area contributed by atoms with Gasteiger partial charge >= 0.3 is 6.18 Å². The Balaban J connectivity index is 0.000000218. The second-order valence-electron chi connectivity index (χ2n) is 10.3. The van der Waals surface area contributed by atoms with E-state index in [0.29, 0.717) is 44.3 Å². The van der Waals surface area contributed by atoms with Gasteiger partial charge in [0.05, 0.1) is 22.3 Å². The summed E-state index contributed by atoms with van der Waals surface area (Å²) in [5.41, 5.74) is -2.83. The van der Waals surface area contributed by atoms with E-state index in [-0.39, 0.29) is 11.1 Å². The third-order valence-corrected chi connectivity index (χ3v) is 7.79. The first-order valence-electron chi connectivity index (χ1n) is 13.3. The highest BCUT2D eigenvalue weighted by Gasteiger charge is 2.39. The van der Waals surface area contributed by atoms with Crippen molar-refractivity contribution in [2.75, 3.05) is 39.3 Å². The topological polar surface area (TPSA) is 70.7 Å². The van der Waals surface area contributed by atoms with Crippen LogP contribution in [-0.2, 0) is 17.4 Å². The average Bonchev–Trinajstić information content (AvgIpc) is 2.90. The highest BCUT2D eigenvalue weighted by molar-refractivity contribution is 5.36. The molecule has 2 heterocycles. The number of halogens is 5. The van der Waals surface area contributed by atoms with Gasteiger partial charge in [0.2, 0.25) is 0 Å². The zero-order valence-electron chi connectivity index (χ0n) is 22.4. The van der Waals surface area contributed by atoms with E-state index < -0.39 is 34.6 Å². The van der Waals surface area contributed by atoms with Crippen LogP contribution in [0.5, 0.6) is 0 Å². The van der Waals surface area contributed by atoms with Crippen LogP contribution in [0.1, 0.15) is 68.2 Å². The fraction of sp³-hybridized carbons (Fsp3) is 0.552. The summed E-state index contributed by atoms with van der Waals surface area (Å²) in [4.78, 5) is 4.43. The Hall–Kier alpha value is -2.58. The number of piperidine rings is 2. The summed E-state index contributed by atoms with van der Waals surface area (Å²) in [5.74, 6) is -1.86. The van der Waals surface area contributed by atoms with Gasteiger partial charge in [-0.2, -0.15) is 18.4 Å². The molecule has 2 fully saturated rings. The Morgan fingerprint density at radius 3 is 1.79 bits per heavy atom. The molecule has 39 heavy (non-hydrogen) atoms. The van der Waals surface area contributed by atoms with Crippen LogP contribution in [-0.4, -0.2) is 59.3 Å². The van der Waals surface area contributed by atoms with E-state index >= 15 is 0 Å². The molecule has 4 rings (SSSR count). The van der Waals surface area contributed by atoms with Crippen LogP contribution in [0.4, 0.5) is 22.0 Å². The van der Waals surface area contributed by atoms with Crippen molar-refractivity contribution in [1.29, 1.82) is 5.26 Å². The highest BCUT2D eigenvalue weighted by Crippen LogP contribution is 2.38. The lowest BCUT2D eigenvalue weighted by molar-refractivity contribution is -0.140. The summed E-state index contributed by atoms with van der Waals surface area (Å²) in [7, 11) is 0. The van der Waals surface area contributed by atoms with Gasteiger partial charge in [-0.05, 0) is 80.6 Å². The Labute approximate surface area is 226 Å². The largest absolute Gasteiger partial charge is 0.419 e. The molecule has 0 bridgehead atoms. The fourth-order valence-electron chi connectivity index (χ4n) is 5.21. The average molecular weight is 554 g/mol. The predicted octanol–water partition coefficient (Wildman–Crippen LogP) is 5.54. The highest BCUT2D eigenvalue weighted by atomic mass is 19.4. The molecule has 2 aliphatic rings. The summed E-state index contributed by atoms with van der Waals surface area (Å²) in [6, 6.07) is 8.95. The molecule has 10 heteroatoms. The van der Waals surface area contributed by atoms with Crippen molar-refractivity contribution in [3.05, 3.63) is 70.3 Å². The van der Waals surface area contributed by atoms with Crippen LogP contribution in [0, 0.1) is 23.0 Å². The third-order valence-electron chi connectivity index (χ3n) is 7.79. The van der Waals surface area contributed by atoms with Crippen LogP contribution in [0.25, 0.3) is 0 Å². The first kappa shape index (κ1) is 31.0. The van der Waals surface area contributed by atoms with Gasteiger partial charge in [0.1, 0.15) is 17.7 Å². The summed E-state index contributed by atoms with van der Waals surface area (Å²) >= 11 is 0. The van der Waals surface area contributed by atoms with Crippen molar-refractivity contribution in [3.8, 4) is 6.07 Å². The molecule has 2 aliphatic heterocycles. The van der Waals surface area contributed by atoms with E-state index in [4.69, 9.17) is 5.26 Å². The Morgan fingerprint density at radius 2 is 1.33 bits per heavy atom. The Kier molecular flexibility index (Phi) is 10.1. The van der Waals surface area contributed by atoms with Gasteiger partial charge in [0.25, 0.3) is 0 Å². The lowest BCUT2D eigenvalue weighted by Crippen LogP contribution is -2.42. The molecule has 0 aliphatic carbocycles. The molecule has 0 radical (unpaired) electrons. The summed E-state index contributed by atoms with van der Waals surface area (Å²) < 4.78 is 65.1. The van der Waals surface area contributed by atoms with Crippen molar-refractivity contribution in [2.24, 2.45) is 0 Å². The van der Waals surface area contributed by atoms with E-state index in [1.165, 1.54) is 18.2 Å². The minimum Gasteiger partial charge on any atom is -0.385 e. The monoisotopic (exact) mass is 553 g/mol. The molecule has 0 saturated carbocycles. The van der Waals surface area contributed by atoms with Gasteiger partial charge in [0, 0.05) is 26.2 Å². The Morgan fingerprint density at radius 1 is 0.821 bits per heavy atom. The standard InChI is InChI=1S/C15H19F4NO.C14H17FN2O/c1-2-7-20-8-5-14(21,6-9-20)11-3-4-13(16)12(10-11)15(17,18)19;1-2-17-7-5-14(18,6-8-17)12-4-3-11(10-16)13(15)9-12/h3-4,10,21H,2,5-9H2,1H3;3-4,9,18H,2,5-8H2,1H3. The Bertz CT molecular complexity index is 1150. The van der Waals surface area contributed by atoms with Gasteiger partial charge in [-0.3, -0.25) is 0 Å². The smallest absolute Gasteiger partial charge is 0.385 e. The van der Waals surface area contributed by atoms with Crippen LogP contribution < -0.4 is 0 Å². The minimum absolute atomic E-state index is 0.0216. The number of alkyl halides is 3. The van der Waals surface area contributed by atoms with Crippen molar-refractivity contribution in [2.45, 2.75) is 63.3 Å². The van der Waals surface area contributed by atoms with Crippen molar-refractivity contribution in [3.63, 3.8) is 0 Å². The number of hydrogen-bond donors (Lipinski definition) is 2. The van der Waals surface area contributed by atoms with Crippen LogP contribution in [0.15, 0.2) is 36.4 Å². The number of nitrogens with zero attached hydrogens (tertiary/aromatic N) is 3. The van der Waals surface area contributed by atoms with Crippen molar-refractivity contribution >= 4 is 0 Å². The van der Waals surface area contributed by atoms with Gasteiger partial charge in [-0.1, -0.05) is 26.0 Å². The molecule has 0 aromatic heterocycles. The van der Waals surface area contributed by atoms with E-state index in [1.807, 2.05) is 0 Å². The molecule has 0 atom stereocenters. The number of hydrogen-bond acceptors (Lipinski definition) is 5. The molecule has 0 amide bonds. The normalized spacial score (nSPS) is 19.6. The number of likely N-dealkylation sites (tertiary alicyclic amines) is 2. The molecule has 0 spiro atoms. The number of nitriles is 1. The van der Waals surface area contributed by atoms with E-state index in [2.05, 4.69) is 23.6 Å². The van der Waals surface area contributed by atoms with Crippen LogP contribution >= 0.6 is 0 Å². The third kappa shape index (κ3) is 7.54. The lowest BCUT2D eigenvalue weighted by Gasteiger charge is -2.38. The first-order chi connectivity index (χ1) is 18.3. The molecular formula is C29H36F5N3O2. The summed E-state index contributed by atoms with van der Waals surface area (Å²) in [5, 5.41) is 29.9. The maximum atomic E-state index is 13.6. The van der Waals surface area contributed by atoms with Gasteiger partial charge < -0.3 is 20.0 Å². The molecule has 2 aromatic carbocycles. The van der Waals surface area contributed by atoms with E-state index in [1.54, 1.807) is 12.1 Å².